The van der Waals surface area contributed by atoms with Crippen molar-refractivity contribution in [1.82, 2.24) is 38.4 Å². The molecule has 338 valence electrons. The van der Waals surface area contributed by atoms with E-state index in [1.165, 1.54) is 26.0 Å². The number of carbonyl (C=O) groups excluding carboxylic acids is 2. The van der Waals surface area contributed by atoms with Gasteiger partial charge in [0, 0.05) is 52.0 Å². The largest absolute Gasteiger partial charge is 0.481 e. The highest BCUT2D eigenvalue weighted by Crippen LogP contribution is 2.36. The number of amides is 2. The fourth-order valence-corrected chi connectivity index (χ4v) is 9.91. The molecular weight excluding hydrogens is 833 g/mol. The molecule has 18 nitrogen and oxygen atoms in total. The maximum atomic E-state index is 14.3. The van der Waals surface area contributed by atoms with Crippen molar-refractivity contribution in [3.63, 3.8) is 0 Å². The number of likely N-dealkylation sites (tertiary alicyclic amines) is 1. The molecule has 4 aromatic heterocycles. The highest BCUT2D eigenvalue weighted by molar-refractivity contribution is 6.08. The molecule has 7 heterocycles. The van der Waals surface area contributed by atoms with Crippen LogP contribution >= 0.6 is 0 Å². The SMILES string of the molecule is Cn1c(=O)n(C(CCC(=O)O)C(N)=O)c2cccc(C#CCOC3CCN(CC4CCC(n5cc(NC(=O)c6cnn7ccc(N8C[C@H]9C[C@@H]8CO9)nc67)c(C(F)F)n5)CC4)CC3)c21. The number of imidazole rings is 1. The summed E-state index contributed by atoms with van der Waals surface area (Å²) in [6, 6.07) is 6.11. The van der Waals surface area contributed by atoms with Crippen LogP contribution in [0.4, 0.5) is 20.3 Å². The number of alkyl halides is 2. The van der Waals surface area contributed by atoms with Crippen molar-refractivity contribution in [2.45, 2.75) is 94.5 Å². The lowest BCUT2D eigenvalue weighted by atomic mass is 9.85. The Labute approximate surface area is 366 Å². The lowest BCUT2D eigenvalue weighted by Gasteiger charge is -2.36. The summed E-state index contributed by atoms with van der Waals surface area (Å²) >= 11 is 0. The molecule has 1 unspecified atom stereocenters. The van der Waals surface area contributed by atoms with E-state index in [9.17, 15) is 28.0 Å². The second kappa shape index (κ2) is 18.1. The summed E-state index contributed by atoms with van der Waals surface area (Å²) < 4.78 is 46.2. The van der Waals surface area contributed by atoms with Crippen LogP contribution in [0.15, 0.2) is 47.7 Å². The van der Waals surface area contributed by atoms with E-state index in [0.717, 1.165) is 76.9 Å². The second-order valence-corrected chi connectivity index (χ2v) is 17.3. The number of rotatable bonds is 14. The molecule has 1 aromatic carbocycles. The summed E-state index contributed by atoms with van der Waals surface area (Å²) in [6.07, 6.45) is 7.67. The van der Waals surface area contributed by atoms with Gasteiger partial charge in [-0.1, -0.05) is 17.9 Å². The van der Waals surface area contributed by atoms with Crippen LogP contribution in [0.1, 0.15) is 97.9 Å². The fourth-order valence-electron chi connectivity index (χ4n) is 9.91. The summed E-state index contributed by atoms with van der Waals surface area (Å²) in [4.78, 5) is 59.6. The molecule has 4 fully saturated rings. The topological polar surface area (TPSA) is 209 Å². The first-order valence-electron chi connectivity index (χ1n) is 21.9. The number of benzene rings is 1. The third-order valence-electron chi connectivity index (χ3n) is 13.2. The van der Waals surface area contributed by atoms with Gasteiger partial charge in [-0.3, -0.25) is 28.2 Å². The summed E-state index contributed by atoms with van der Waals surface area (Å²) in [6.45, 7) is 4.27. The van der Waals surface area contributed by atoms with Crippen molar-refractivity contribution in [3.8, 4) is 11.8 Å². The Morgan fingerprint density at radius 2 is 1.89 bits per heavy atom. The van der Waals surface area contributed by atoms with Gasteiger partial charge in [0.05, 0.1) is 59.4 Å². The van der Waals surface area contributed by atoms with Gasteiger partial charge in [-0.25, -0.2) is 23.1 Å². The van der Waals surface area contributed by atoms with E-state index in [-0.39, 0.29) is 55.0 Å². The monoisotopic (exact) mass is 883 g/mol. The van der Waals surface area contributed by atoms with E-state index < -0.39 is 41.6 Å². The van der Waals surface area contributed by atoms with Gasteiger partial charge in [0.25, 0.3) is 12.3 Å². The molecule has 0 spiro atoms. The van der Waals surface area contributed by atoms with Crippen LogP contribution in [0, 0.1) is 17.8 Å². The number of anilines is 2. The minimum absolute atomic E-state index is 0.0202. The smallest absolute Gasteiger partial charge is 0.329 e. The molecule has 20 heteroatoms. The van der Waals surface area contributed by atoms with Gasteiger partial charge in [0.1, 0.15) is 24.0 Å². The zero-order valence-corrected chi connectivity index (χ0v) is 35.4. The molecule has 1 aliphatic carbocycles. The van der Waals surface area contributed by atoms with Crippen LogP contribution in [-0.2, 0) is 26.1 Å². The van der Waals surface area contributed by atoms with E-state index >= 15 is 0 Å². The Balaban J connectivity index is 0.750. The number of morpholine rings is 1. The summed E-state index contributed by atoms with van der Waals surface area (Å²) in [5.41, 5.74) is 6.69. The number of piperidine rings is 1. The number of ether oxygens (including phenoxy) is 2. The number of carboxylic acids is 1. The standard InChI is InChI=1S/C44H51F2N11O7/c1-52-39-27(4-2-6-34(39)57(44(52)62)35(41(47)60)11-12-37(58)59)5-3-19-63-30-13-16-53(17-14-30)22-26-7-9-28(10-8-26)56-24-33(38(51-56)40(45)46)49-43(61)32-21-48-55-18-15-36(50-42(32)55)54-23-31-20-29(54)25-64-31/h2,4,6,15,18,21,24,26,28-31,35,40H,7-14,16-17,19-20,22-23,25H2,1H3,(H2,47,60)(H,49,61)(H,58,59)/t26?,28?,29-,31-,35?/m1/s1. The van der Waals surface area contributed by atoms with Crippen molar-refractivity contribution in [1.29, 1.82) is 0 Å². The lowest BCUT2D eigenvalue weighted by molar-refractivity contribution is -0.137. The molecule has 64 heavy (non-hydrogen) atoms. The molecule has 2 bridgehead atoms. The fraction of sp³-hybridized carbons (Fsp3) is 0.523. The number of halogens is 2. The number of aliphatic carboxylic acids is 1. The van der Waals surface area contributed by atoms with E-state index in [1.54, 1.807) is 36.1 Å². The number of nitrogens with one attached hydrogen (secondary N) is 1. The van der Waals surface area contributed by atoms with Crippen molar-refractivity contribution >= 4 is 46.0 Å². The Hall–Kier alpha value is -6.17. The van der Waals surface area contributed by atoms with Gasteiger partial charge in [-0.15, -0.1) is 0 Å². The highest BCUT2D eigenvalue weighted by Gasteiger charge is 2.40. The lowest BCUT2D eigenvalue weighted by Crippen LogP contribution is -2.40. The van der Waals surface area contributed by atoms with Gasteiger partial charge in [0.2, 0.25) is 5.91 Å². The van der Waals surface area contributed by atoms with Crippen molar-refractivity contribution < 1.29 is 37.7 Å². The molecule has 3 saturated heterocycles. The Morgan fingerprint density at radius 3 is 2.59 bits per heavy atom. The van der Waals surface area contributed by atoms with Gasteiger partial charge in [-0.05, 0) is 75.5 Å². The molecule has 4 N–H and O–H groups in total. The summed E-state index contributed by atoms with van der Waals surface area (Å²) in [7, 11) is 1.58. The van der Waals surface area contributed by atoms with Gasteiger partial charge in [-0.2, -0.15) is 10.2 Å². The van der Waals surface area contributed by atoms with E-state index in [2.05, 4.69) is 37.2 Å². The molecule has 5 aromatic rings. The van der Waals surface area contributed by atoms with Crippen LogP contribution < -0.4 is 21.6 Å². The van der Waals surface area contributed by atoms with Crippen molar-refractivity contribution in [2.75, 3.05) is 49.6 Å². The van der Waals surface area contributed by atoms with Gasteiger partial charge < -0.3 is 35.4 Å². The molecule has 9 rings (SSSR count). The minimum atomic E-state index is -2.87. The average molecular weight is 884 g/mol. The zero-order valence-electron chi connectivity index (χ0n) is 35.4. The first-order chi connectivity index (χ1) is 30.9. The predicted octanol–water partition coefficient (Wildman–Crippen LogP) is 3.90. The number of hydrogen-bond acceptors (Lipinski definition) is 11. The molecule has 4 aliphatic rings. The van der Waals surface area contributed by atoms with Crippen LogP contribution in [0.25, 0.3) is 16.7 Å². The number of nitrogens with two attached hydrogens (primary N) is 1. The molecule has 0 radical (unpaired) electrons. The number of fused-ring (bicyclic) bond motifs is 4. The van der Waals surface area contributed by atoms with Crippen LogP contribution in [0.5, 0.6) is 0 Å². The first-order valence-corrected chi connectivity index (χ1v) is 21.9. The maximum Gasteiger partial charge on any atom is 0.329 e. The third-order valence-corrected chi connectivity index (χ3v) is 13.2. The minimum Gasteiger partial charge on any atom is -0.481 e. The number of carboxylic acid groups (broad SMARTS) is 1. The van der Waals surface area contributed by atoms with E-state index in [0.29, 0.717) is 34.8 Å². The Kier molecular flexibility index (Phi) is 12.2. The Morgan fingerprint density at radius 1 is 1.09 bits per heavy atom. The van der Waals surface area contributed by atoms with Crippen LogP contribution in [-0.4, -0.2) is 119 Å². The highest BCUT2D eigenvalue weighted by atomic mass is 19.3. The molecular formula is C44H51F2N11O7. The number of nitrogens with zero attached hydrogens (tertiary/aromatic N) is 9. The van der Waals surface area contributed by atoms with Crippen molar-refractivity contribution in [3.05, 3.63) is 70.2 Å². The average Bonchev–Trinajstić information content (AvgIpc) is 4.13. The number of aryl methyl sites for hydroxylation is 1. The number of para-hydroxylation sites is 1. The van der Waals surface area contributed by atoms with Gasteiger partial charge in [0.15, 0.2) is 11.3 Å². The summed E-state index contributed by atoms with van der Waals surface area (Å²) in [5, 5.41) is 20.4. The van der Waals surface area contributed by atoms with Crippen LogP contribution in [0.3, 0.4) is 0 Å². The molecule has 2 amide bonds. The second-order valence-electron chi connectivity index (χ2n) is 17.3. The molecule has 1 saturated carbocycles. The van der Waals surface area contributed by atoms with Crippen molar-refractivity contribution in [2.24, 2.45) is 18.7 Å². The molecule has 3 atom stereocenters. The number of carbonyl (C=O) groups is 3. The summed E-state index contributed by atoms with van der Waals surface area (Å²) in [5.74, 6) is 4.91. The number of aromatic nitrogens is 7. The van der Waals surface area contributed by atoms with Gasteiger partial charge >= 0.3 is 11.7 Å². The zero-order chi connectivity index (χ0) is 44.6. The third kappa shape index (κ3) is 8.71. The van der Waals surface area contributed by atoms with E-state index in [1.807, 2.05) is 6.07 Å². The maximum absolute atomic E-state index is 14.3. The quantitative estimate of drug-likeness (QED) is 0.136. The van der Waals surface area contributed by atoms with E-state index in [4.69, 9.17) is 25.3 Å². The number of primary amides is 1. The Bertz CT molecular complexity index is 2680. The first kappa shape index (κ1) is 43.1. The number of hydrogen-bond donors (Lipinski definition) is 3. The predicted molar refractivity (Wildman–Crippen MR) is 229 cm³/mol. The normalized spacial score (nSPS) is 22.0. The molecule has 3 aliphatic heterocycles. The van der Waals surface area contributed by atoms with Crippen LogP contribution in [0.2, 0.25) is 0 Å².